The molecule has 0 spiro atoms. The predicted octanol–water partition coefficient (Wildman–Crippen LogP) is 11.6. The van der Waals surface area contributed by atoms with Crippen LogP contribution in [0.5, 0.6) is 11.5 Å². The second-order valence-corrected chi connectivity index (χ2v) is 17.2. The average Bonchev–Trinajstić information content (AvgIpc) is 3.48. The molecule has 2 atom stereocenters. The molecule has 3 heterocycles. The molecule has 1 aliphatic carbocycles. The average molecular weight is 883 g/mol. The number of hydrogen-bond acceptors (Lipinski definition) is 5. The fourth-order valence-electron chi connectivity index (χ4n) is 8.32. The van der Waals surface area contributed by atoms with E-state index in [1.807, 2.05) is 12.3 Å². The molecule has 274 valence electrons. The maximum Gasteiger partial charge on any atom is 2.00 e. The summed E-state index contributed by atoms with van der Waals surface area (Å²) >= 11 is 0. The minimum Gasteiger partial charge on any atom is -0.508 e. The molecule has 1 aromatic heterocycles. The van der Waals surface area contributed by atoms with Gasteiger partial charge in [-0.15, -0.1) is 29.3 Å². The first kappa shape index (κ1) is 37.1. The summed E-state index contributed by atoms with van der Waals surface area (Å²) in [4.78, 5) is 12.5. The molecular weight excluding hydrogens is 834 g/mol. The minimum absolute atomic E-state index is 0. The Morgan fingerprint density at radius 1 is 0.849 bits per heavy atom. The summed E-state index contributed by atoms with van der Waals surface area (Å²) in [7, 11) is 0. The van der Waals surface area contributed by atoms with Gasteiger partial charge in [0.25, 0.3) is 0 Å². The molecule has 3 aliphatic rings. The fraction of sp³-hybridized carbons (Fsp3) is 0.362. The Balaban J connectivity index is 0.00000435. The van der Waals surface area contributed by atoms with Gasteiger partial charge in [0.2, 0.25) is 0 Å². The largest absolute Gasteiger partial charge is 2.00 e. The first-order valence-corrected chi connectivity index (χ1v) is 18.6. The Bertz CT molecular complexity index is 2300. The third kappa shape index (κ3) is 5.86. The van der Waals surface area contributed by atoms with Crippen molar-refractivity contribution in [3.63, 3.8) is 0 Å². The van der Waals surface area contributed by atoms with Gasteiger partial charge in [0.05, 0.1) is 5.54 Å². The van der Waals surface area contributed by atoms with Crippen molar-refractivity contribution < 1.29 is 30.5 Å². The molecule has 6 heteroatoms. The van der Waals surface area contributed by atoms with Crippen LogP contribution in [0.25, 0.3) is 0 Å². The van der Waals surface area contributed by atoms with Crippen LogP contribution >= 0.6 is 0 Å². The molecule has 0 unspecified atom stereocenters. The number of pyridine rings is 1. The number of anilines is 3. The van der Waals surface area contributed by atoms with E-state index < -0.39 is 11.1 Å². The number of para-hydroxylation sites is 1. The second-order valence-electron chi connectivity index (χ2n) is 17.2. The summed E-state index contributed by atoms with van der Waals surface area (Å²) < 4.78 is 13.6. The molecular formula is C47H49N3O2Pt. The van der Waals surface area contributed by atoms with E-state index in [-0.39, 0.29) is 37.8 Å². The normalized spacial score (nSPS) is 20.8. The molecule has 0 bridgehead atoms. The SMILES string of the molecule is Cc1ccc2c(c1C)C[C@@]1(C)N=C(c3[c-]c(Oc4[c-]c5c(cc4)C(C)(C)c4ccccc4N5c4cc(C(C)(C)C)ccn4)cc(C(C)C)c3)O[C@@]21C.[Pt+2]. The Kier molecular flexibility index (Phi) is 8.89. The molecule has 5 nitrogen and oxygen atoms in total. The van der Waals surface area contributed by atoms with E-state index in [1.165, 1.54) is 33.4 Å². The third-order valence-electron chi connectivity index (χ3n) is 12.0. The maximum absolute atomic E-state index is 6.89. The van der Waals surface area contributed by atoms with Crippen LogP contribution in [0.1, 0.15) is 118 Å². The summed E-state index contributed by atoms with van der Waals surface area (Å²) in [6.07, 6.45) is 2.76. The van der Waals surface area contributed by atoms with E-state index in [9.17, 15) is 0 Å². The van der Waals surface area contributed by atoms with Crippen LogP contribution in [0.3, 0.4) is 0 Å². The van der Waals surface area contributed by atoms with Crippen molar-refractivity contribution in [3.05, 3.63) is 141 Å². The summed E-state index contributed by atoms with van der Waals surface area (Å²) in [5.74, 6) is 2.95. The summed E-state index contributed by atoms with van der Waals surface area (Å²) in [6.45, 7) is 24.4. The molecule has 0 fully saturated rings. The zero-order valence-electron chi connectivity index (χ0n) is 32.8. The number of benzene rings is 4. The maximum atomic E-state index is 6.89. The molecule has 0 amide bonds. The fourth-order valence-corrected chi connectivity index (χ4v) is 8.32. The quantitative estimate of drug-likeness (QED) is 0.165. The number of fused-ring (bicyclic) bond motifs is 5. The molecule has 53 heavy (non-hydrogen) atoms. The standard InChI is InChI=1S/C47H49N3O2.Pt/c1-28(2)31-22-32(43-49-46(10)27-36-30(4)29(3)16-18-37(36)47(46,11)52-43)24-35(23-31)51-34-17-19-39-41(26-34)50(40-15-13-12-14-38(40)45(39,8)9)42-25-33(20-21-48-42)44(5,6)7;/h12-23,25,28H,27H2,1-11H3;/q-2;+2/t46-,47+;/m1./s1. The van der Waals surface area contributed by atoms with E-state index in [2.05, 4.69) is 160 Å². The Labute approximate surface area is 330 Å². The molecule has 0 saturated carbocycles. The van der Waals surface area contributed by atoms with E-state index in [0.717, 1.165) is 40.3 Å². The van der Waals surface area contributed by atoms with Gasteiger partial charge in [0.1, 0.15) is 17.3 Å². The molecule has 2 aliphatic heterocycles. The smallest absolute Gasteiger partial charge is 0.508 e. The van der Waals surface area contributed by atoms with Crippen molar-refractivity contribution in [1.29, 1.82) is 0 Å². The zero-order valence-corrected chi connectivity index (χ0v) is 35.0. The van der Waals surface area contributed by atoms with Gasteiger partial charge in [-0.05, 0) is 90.5 Å². The van der Waals surface area contributed by atoms with Crippen molar-refractivity contribution in [1.82, 2.24) is 4.98 Å². The van der Waals surface area contributed by atoms with Gasteiger partial charge in [0, 0.05) is 35.4 Å². The van der Waals surface area contributed by atoms with Gasteiger partial charge in [-0.25, -0.2) is 4.98 Å². The van der Waals surface area contributed by atoms with Crippen molar-refractivity contribution in [2.45, 2.75) is 110 Å². The molecule has 0 radical (unpaired) electrons. The second kappa shape index (κ2) is 12.7. The number of nitrogens with zero attached hydrogens (tertiary/aromatic N) is 3. The van der Waals surface area contributed by atoms with Crippen molar-refractivity contribution in [2.75, 3.05) is 4.90 Å². The molecule has 0 N–H and O–H groups in total. The van der Waals surface area contributed by atoms with Crippen molar-refractivity contribution in [2.24, 2.45) is 4.99 Å². The topological polar surface area (TPSA) is 47.0 Å². The molecule has 8 rings (SSSR count). The number of ether oxygens (including phenoxy) is 2. The number of aromatic nitrogens is 1. The van der Waals surface area contributed by atoms with Crippen LogP contribution in [0.15, 0.2) is 84.0 Å². The number of hydrogen-bond donors (Lipinski definition) is 0. The van der Waals surface area contributed by atoms with Crippen LogP contribution in [0.4, 0.5) is 17.2 Å². The summed E-state index contributed by atoms with van der Waals surface area (Å²) in [5.41, 5.74) is 11.6. The summed E-state index contributed by atoms with van der Waals surface area (Å²) in [5, 5.41) is 0. The van der Waals surface area contributed by atoms with E-state index >= 15 is 0 Å². The zero-order chi connectivity index (χ0) is 37.0. The molecule has 4 aromatic carbocycles. The van der Waals surface area contributed by atoms with Crippen molar-refractivity contribution in [3.8, 4) is 11.5 Å². The monoisotopic (exact) mass is 882 g/mol. The first-order valence-electron chi connectivity index (χ1n) is 18.6. The molecule has 0 saturated heterocycles. The van der Waals surface area contributed by atoms with E-state index in [1.54, 1.807) is 0 Å². The van der Waals surface area contributed by atoms with Gasteiger partial charge in [-0.1, -0.05) is 102 Å². The molecule has 5 aromatic rings. The minimum atomic E-state index is -0.560. The van der Waals surface area contributed by atoms with Gasteiger partial charge in [-0.2, -0.15) is 6.07 Å². The van der Waals surface area contributed by atoms with Gasteiger partial charge in [-0.3, -0.25) is 4.99 Å². The van der Waals surface area contributed by atoms with Crippen molar-refractivity contribution >= 4 is 23.1 Å². The Hall–Kier alpha value is -4.21. The number of aliphatic imine (C=N–C) groups is 1. The van der Waals surface area contributed by atoms with Crippen LogP contribution in [0, 0.1) is 26.0 Å². The van der Waals surface area contributed by atoms with E-state index in [0.29, 0.717) is 17.4 Å². The van der Waals surface area contributed by atoms with Gasteiger partial charge < -0.3 is 14.4 Å². The van der Waals surface area contributed by atoms with E-state index in [4.69, 9.17) is 19.5 Å². The first-order chi connectivity index (χ1) is 24.5. The Morgan fingerprint density at radius 3 is 2.32 bits per heavy atom. The van der Waals surface area contributed by atoms with Gasteiger partial charge >= 0.3 is 21.1 Å². The van der Waals surface area contributed by atoms with Crippen LogP contribution < -0.4 is 9.64 Å². The van der Waals surface area contributed by atoms with Crippen LogP contribution in [-0.4, -0.2) is 16.4 Å². The Morgan fingerprint density at radius 2 is 1.58 bits per heavy atom. The van der Waals surface area contributed by atoms with Crippen LogP contribution in [0.2, 0.25) is 0 Å². The van der Waals surface area contributed by atoms with Crippen LogP contribution in [-0.2, 0) is 48.7 Å². The third-order valence-corrected chi connectivity index (χ3v) is 12.0. The number of aryl methyl sites for hydroxylation is 1. The van der Waals surface area contributed by atoms with Gasteiger partial charge in [0.15, 0.2) is 0 Å². The number of rotatable bonds is 5. The summed E-state index contributed by atoms with van der Waals surface area (Å²) in [6, 6.07) is 33.0. The predicted molar refractivity (Wildman–Crippen MR) is 211 cm³/mol.